The van der Waals surface area contributed by atoms with Gasteiger partial charge in [0.1, 0.15) is 5.75 Å². The first-order valence-electron chi connectivity index (χ1n) is 7.55. The van der Waals surface area contributed by atoms with Crippen LogP contribution in [0.25, 0.3) is 0 Å². The van der Waals surface area contributed by atoms with Crippen molar-refractivity contribution in [3.05, 3.63) is 29.3 Å². The van der Waals surface area contributed by atoms with E-state index in [1.165, 1.54) is 24.8 Å². The molecule has 1 aromatic rings. The molecule has 1 aliphatic rings. The molecule has 5 heteroatoms. The van der Waals surface area contributed by atoms with Crippen molar-refractivity contribution in [2.75, 3.05) is 20.2 Å². The van der Waals surface area contributed by atoms with Gasteiger partial charge in [-0.2, -0.15) is 0 Å². The lowest BCUT2D eigenvalue weighted by Crippen LogP contribution is -2.33. The largest absolute Gasteiger partial charge is 0.496 e. The van der Waals surface area contributed by atoms with Crippen molar-refractivity contribution in [1.29, 1.82) is 0 Å². The van der Waals surface area contributed by atoms with E-state index in [1.807, 2.05) is 18.2 Å². The van der Waals surface area contributed by atoms with Crippen molar-refractivity contribution in [3.8, 4) is 5.75 Å². The predicted octanol–water partition coefficient (Wildman–Crippen LogP) is 2.41. The topological polar surface area (TPSA) is 71.1 Å². The highest BCUT2D eigenvalue weighted by atomic mass is 16.5. The average molecular weight is 291 g/mol. The van der Waals surface area contributed by atoms with Gasteiger partial charge in [0.15, 0.2) is 5.84 Å². The fourth-order valence-corrected chi connectivity index (χ4v) is 2.91. The summed E-state index contributed by atoms with van der Waals surface area (Å²) in [6.07, 6.45) is 3.86. The van der Waals surface area contributed by atoms with Crippen LogP contribution in [0.2, 0.25) is 0 Å². The Labute approximate surface area is 126 Å². The maximum absolute atomic E-state index is 8.79. The van der Waals surface area contributed by atoms with E-state index < -0.39 is 0 Å². The minimum Gasteiger partial charge on any atom is -0.496 e. The van der Waals surface area contributed by atoms with Gasteiger partial charge in [-0.25, -0.2) is 0 Å². The van der Waals surface area contributed by atoms with Gasteiger partial charge in [-0.1, -0.05) is 24.6 Å². The molecule has 5 nitrogen and oxygen atoms in total. The van der Waals surface area contributed by atoms with Crippen LogP contribution in [0.3, 0.4) is 0 Å². The van der Waals surface area contributed by atoms with E-state index in [4.69, 9.17) is 15.7 Å². The van der Waals surface area contributed by atoms with Gasteiger partial charge in [0.05, 0.1) is 12.7 Å². The molecule has 0 spiro atoms. The van der Waals surface area contributed by atoms with Crippen LogP contribution in [-0.2, 0) is 6.54 Å². The van der Waals surface area contributed by atoms with E-state index in [0.717, 1.165) is 25.6 Å². The smallest absolute Gasteiger partial charge is 0.173 e. The van der Waals surface area contributed by atoms with Gasteiger partial charge >= 0.3 is 0 Å². The Bertz CT molecular complexity index is 494. The lowest BCUT2D eigenvalue weighted by atomic mass is 9.94. The van der Waals surface area contributed by atoms with Crippen molar-refractivity contribution in [2.24, 2.45) is 16.8 Å². The minimum absolute atomic E-state index is 0.0714. The maximum Gasteiger partial charge on any atom is 0.173 e. The number of benzene rings is 1. The molecule has 0 saturated carbocycles. The molecule has 2 rings (SSSR count). The van der Waals surface area contributed by atoms with Gasteiger partial charge in [-0.15, -0.1) is 0 Å². The molecule has 1 saturated heterocycles. The number of amidine groups is 1. The van der Waals surface area contributed by atoms with Crippen molar-refractivity contribution in [3.63, 3.8) is 0 Å². The average Bonchev–Trinajstić information content (AvgIpc) is 2.54. The van der Waals surface area contributed by atoms with E-state index in [-0.39, 0.29) is 5.84 Å². The summed E-state index contributed by atoms with van der Waals surface area (Å²) < 4.78 is 5.34. The maximum atomic E-state index is 8.79. The third kappa shape index (κ3) is 3.88. The first-order valence-corrected chi connectivity index (χ1v) is 7.55. The third-order valence-electron chi connectivity index (χ3n) is 4.34. The van der Waals surface area contributed by atoms with Crippen molar-refractivity contribution < 1.29 is 9.94 Å². The Morgan fingerprint density at radius 2 is 2.14 bits per heavy atom. The lowest BCUT2D eigenvalue weighted by Gasteiger charge is -2.31. The standard InChI is InChI=1S/C16H25N3O2/c1-3-12-6-8-19(9-7-12)11-13-4-5-14(16(17)18-20)15(10-13)21-2/h4-5,10,12,20H,3,6-9,11H2,1-2H3,(H2,17,18). The van der Waals surface area contributed by atoms with E-state index in [1.54, 1.807) is 7.11 Å². The fraction of sp³-hybridized carbons (Fsp3) is 0.562. The third-order valence-corrected chi connectivity index (χ3v) is 4.34. The first kappa shape index (κ1) is 15.6. The van der Waals surface area contributed by atoms with Gasteiger partial charge in [-0.05, 0) is 49.5 Å². The van der Waals surface area contributed by atoms with Crippen molar-refractivity contribution >= 4 is 5.84 Å². The number of nitrogens with two attached hydrogens (primary N) is 1. The van der Waals surface area contributed by atoms with Gasteiger partial charge in [0.25, 0.3) is 0 Å². The molecule has 1 aromatic carbocycles. The second-order valence-electron chi connectivity index (χ2n) is 5.65. The van der Waals surface area contributed by atoms with Crippen LogP contribution in [0.15, 0.2) is 23.4 Å². The van der Waals surface area contributed by atoms with Gasteiger partial charge in [-0.3, -0.25) is 4.90 Å². The Balaban J connectivity index is 2.04. The molecule has 0 radical (unpaired) electrons. The summed E-state index contributed by atoms with van der Waals surface area (Å²) in [7, 11) is 1.60. The zero-order valence-electron chi connectivity index (χ0n) is 12.9. The first-order chi connectivity index (χ1) is 10.2. The number of oxime groups is 1. The molecule has 0 amide bonds. The molecule has 0 aromatic heterocycles. The number of nitrogens with zero attached hydrogens (tertiary/aromatic N) is 2. The zero-order valence-corrected chi connectivity index (χ0v) is 12.9. The number of piperidine rings is 1. The van der Waals surface area contributed by atoms with Crippen molar-refractivity contribution in [1.82, 2.24) is 4.90 Å². The molecular formula is C16H25N3O2. The van der Waals surface area contributed by atoms with Crippen LogP contribution in [-0.4, -0.2) is 36.1 Å². The Kier molecular flexibility index (Phi) is 5.44. The minimum atomic E-state index is 0.0714. The van der Waals surface area contributed by atoms with Crippen LogP contribution in [0.4, 0.5) is 0 Å². The van der Waals surface area contributed by atoms with Crippen LogP contribution >= 0.6 is 0 Å². The molecule has 0 bridgehead atoms. The monoisotopic (exact) mass is 291 g/mol. The highest BCUT2D eigenvalue weighted by Gasteiger charge is 2.18. The van der Waals surface area contributed by atoms with E-state index in [9.17, 15) is 0 Å². The predicted molar refractivity (Wildman–Crippen MR) is 83.8 cm³/mol. The molecule has 0 unspecified atom stereocenters. The molecule has 1 heterocycles. The zero-order chi connectivity index (χ0) is 15.2. The fourth-order valence-electron chi connectivity index (χ4n) is 2.91. The van der Waals surface area contributed by atoms with Gasteiger partial charge in [0, 0.05) is 6.54 Å². The quantitative estimate of drug-likeness (QED) is 0.378. The number of rotatable bonds is 5. The summed E-state index contributed by atoms with van der Waals surface area (Å²) in [5.74, 6) is 1.60. The summed E-state index contributed by atoms with van der Waals surface area (Å²) in [5.41, 5.74) is 7.46. The van der Waals surface area contributed by atoms with Crippen LogP contribution in [0.1, 0.15) is 37.3 Å². The normalized spacial score (nSPS) is 17.9. The Morgan fingerprint density at radius 1 is 1.43 bits per heavy atom. The van der Waals surface area contributed by atoms with Gasteiger partial charge < -0.3 is 15.7 Å². The molecule has 3 N–H and O–H groups in total. The van der Waals surface area contributed by atoms with Crippen molar-refractivity contribution in [2.45, 2.75) is 32.7 Å². The SMILES string of the molecule is CCC1CCN(Cc2ccc(/C(N)=N/O)c(OC)c2)CC1. The molecule has 116 valence electrons. The summed E-state index contributed by atoms with van der Waals surface area (Å²) in [6.45, 7) is 5.51. The Morgan fingerprint density at radius 3 is 2.71 bits per heavy atom. The number of likely N-dealkylation sites (tertiary alicyclic amines) is 1. The van der Waals surface area contributed by atoms with E-state index >= 15 is 0 Å². The van der Waals surface area contributed by atoms with E-state index in [0.29, 0.717) is 11.3 Å². The van der Waals surface area contributed by atoms with Crippen LogP contribution in [0, 0.1) is 5.92 Å². The second-order valence-corrected chi connectivity index (χ2v) is 5.65. The summed E-state index contributed by atoms with van der Waals surface area (Å²) in [4.78, 5) is 2.48. The van der Waals surface area contributed by atoms with Crippen LogP contribution in [0.5, 0.6) is 5.75 Å². The number of hydrogen-bond donors (Lipinski definition) is 2. The summed E-state index contributed by atoms with van der Waals surface area (Å²) >= 11 is 0. The second kappa shape index (κ2) is 7.31. The molecule has 21 heavy (non-hydrogen) atoms. The highest BCUT2D eigenvalue weighted by Crippen LogP contribution is 2.24. The molecular weight excluding hydrogens is 266 g/mol. The highest BCUT2D eigenvalue weighted by molar-refractivity contribution is 5.99. The molecule has 1 aliphatic heterocycles. The molecule has 0 aliphatic carbocycles. The lowest BCUT2D eigenvalue weighted by molar-refractivity contribution is 0.175. The number of methoxy groups -OCH3 is 1. The molecule has 0 atom stereocenters. The van der Waals surface area contributed by atoms with Crippen LogP contribution < -0.4 is 10.5 Å². The summed E-state index contributed by atoms with van der Waals surface area (Å²) in [6, 6.07) is 5.84. The number of ether oxygens (including phenoxy) is 1. The Hall–Kier alpha value is -1.75. The number of hydrogen-bond acceptors (Lipinski definition) is 4. The van der Waals surface area contributed by atoms with Gasteiger partial charge in [0.2, 0.25) is 0 Å². The molecule has 1 fully saturated rings. The summed E-state index contributed by atoms with van der Waals surface area (Å²) in [5, 5.41) is 11.8. The van der Waals surface area contributed by atoms with E-state index in [2.05, 4.69) is 17.0 Å².